The monoisotopic (exact) mass is 439 g/mol. The van der Waals surface area contributed by atoms with E-state index in [0.717, 1.165) is 5.56 Å². The molecule has 0 unspecified atom stereocenters. The van der Waals surface area contributed by atoms with E-state index >= 15 is 0 Å². The second kappa shape index (κ2) is 8.98. The summed E-state index contributed by atoms with van der Waals surface area (Å²) in [6, 6.07) is 7.94. The Hall–Kier alpha value is -3.06. The lowest BCUT2D eigenvalue weighted by atomic mass is 10.0. The number of hydrogen-bond donors (Lipinski definition) is 0. The van der Waals surface area contributed by atoms with Crippen LogP contribution in [0.1, 0.15) is 13.8 Å². The summed E-state index contributed by atoms with van der Waals surface area (Å²) < 4.78 is 13.4. The third-order valence-electron chi connectivity index (χ3n) is 5.31. The van der Waals surface area contributed by atoms with Crippen molar-refractivity contribution in [1.82, 2.24) is 19.9 Å². The lowest BCUT2D eigenvalue weighted by Gasteiger charge is -2.36. The number of halogens is 2. The summed E-state index contributed by atoms with van der Waals surface area (Å²) in [6.07, 6.45) is 4.94. The number of nitrogens with zero attached hydrogens (tertiary/aromatic N) is 5. The number of amides is 1. The molecule has 1 aromatic carbocycles. The predicted octanol–water partition coefficient (Wildman–Crippen LogP) is 4.30. The minimum absolute atomic E-state index is 0.0123. The van der Waals surface area contributed by atoms with Gasteiger partial charge in [0.2, 0.25) is 5.91 Å². The smallest absolute Gasteiger partial charge is 0.225 e. The number of anilines is 1. The van der Waals surface area contributed by atoms with Crippen LogP contribution < -0.4 is 4.90 Å². The van der Waals surface area contributed by atoms with Gasteiger partial charge in [-0.25, -0.2) is 9.37 Å². The van der Waals surface area contributed by atoms with Crippen molar-refractivity contribution < 1.29 is 9.18 Å². The molecule has 2 aromatic heterocycles. The molecule has 31 heavy (non-hydrogen) atoms. The molecule has 6 nitrogen and oxygen atoms in total. The quantitative estimate of drug-likeness (QED) is 0.606. The number of aromatic nitrogens is 3. The van der Waals surface area contributed by atoms with Crippen molar-refractivity contribution >= 4 is 23.3 Å². The lowest BCUT2D eigenvalue weighted by Crippen LogP contribution is -2.50. The maximum absolute atomic E-state index is 13.4. The molecular formula is C23H23ClFN5O. The van der Waals surface area contributed by atoms with Crippen molar-refractivity contribution in [1.29, 1.82) is 0 Å². The largest absolute Gasteiger partial charge is 0.352 e. The fourth-order valence-electron chi connectivity index (χ4n) is 3.63. The highest BCUT2D eigenvalue weighted by molar-refractivity contribution is 6.33. The molecule has 1 aliphatic heterocycles. The average Bonchev–Trinajstić information content (AvgIpc) is 2.79. The van der Waals surface area contributed by atoms with Crippen LogP contribution >= 0.6 is 11.6 Å². The number of pyridine rings is 1. The van der Waals surface area contributed by atoms with Gasteiger partial charge in [-0.15, -0.1) is 0 Å². The number of piperazine rings is 1. The zero-order valence-electron chi connectivity index (χ0n) is 17.4. The highest BCUT2D eigenvalue weighted by Gasteiger charge is 2.25. The second-order valence-corrected chi connectivity index (χ2v) is 8.16. The zero-order chi connectivity index (χ0) is 22.0. The van der Waals surface area contributed by atoms with Gasteiger partial charge in [0, 0.05) is 55.6 Å². The first-order valence-electron chi connectivity index (χ1n) is 10.2. The van der Waals surface area contributed by atoms with Crippen LogP contribution in [0, 0.1) is 11.7 Å². The number of carbonyl (C=O) groups is 1. The first-order valence-corrected chi connectivity index (χ1v) is 10.6. The van der Waals surface area contributed by atoms with Crippen LogP contribution in [0.4, 0.5) is 10.2 Å². The van der Waals surface area contributed by atoms with E-state index in [1.807, 2.05) is 18.7 Å². The Morgan fingerprint density at radius 2 is 1.74 bits per heavy atom. The first-order chi connectivity index (χ1) is 14.9. The van der Waals surface area contributed by atoms with Crippen molar-refractivity contribution in [2.75, 3.05) is 31.1 Å². The van der Waals surface area contributed by atoms with Gasteiger partial charge < -0.3 is 9.80 Å². The Kier molecular flexibility index (Phi) is 6.13. The van der Waals surface area contributed by atoms with E-state index in [-0.39, 0.29) is 17.6 Å². The Morgan fingerprint density at radius 1 is 1.03 bits per heavy atom. The lowest BCUT2D eigenvalue weighted by molar-refractivity contribution is -0.134. The summed E-state index contributed by atoms with van der Waals surface area (Å²) in [4.78, 5) is 29.9. The fourth-order valence-corrected chi connectivity index (χ4v) is 3.84. The number of hydrogen-bond acceptors (Lipinski definition) is 5. The van der Waals surface area contributed by atoms with Gasteiger partial charge in [-0.05, 0) is 30.3 Å². The summed E-state index contributed by atoms with van der Waals surface area (Å²) >= 11 is 6.42. The molecule has 3 aromatic rings. The molecule has 0 radical (unpaired) electrons. The van der Waals surface area contributed by atoms with Gasteiger partial charge in [-0.3, -0.25) is 14.8 Å². The van der Waals surface area contributed by atoms with Crippen LogP contribution in [0.25, 0.3) is 22.5 Å². The molecule has 0 atom stereocenters. The molecule has 8 heteroatoms. The molecule has 0 aliphatic carbocycles. The normalized spacial score (nSPS) is 14.2. The minimum Gasteiger partial charge on any atom is -0.352 e. The molecule has 1 aliphatic rings. The van der Waals surface area contributed by atoms with E-state index < -0.39 is 0 Å². The Labute approximate surface area is 185 Å². The van der Waals surface area contributed by atoms with Crippen molar-refractivity contribution in [3.63, 3.8) is 0 Å². The highest BCUT2D eigenvalue weighted by Crippen LogP contribution is 2.34. The zero-order valence-corrected chi connectivity index (χ0v) is 18.2. The Bertz CT molecular complexity index is 1080. The van der Waals surface area contributed by atoms with Crippen molar-refractivity contribution in [2.24, 2.45) is 5.92 Å². The second-order valence-electron chi connectivity index (χ2n) is 7.75. The molecule has 1 saturated heterocycles. The molecule has 0 bridgehead atoms. The van der Waals surface area contributed by atoms with Crippen LogP contribution in [0.5, 0.6) is 0 Å². The SMILES string of the molecule is CC(C)C(=O)N1CCN(c2cnc(-c3ccc(F)cc3)c(-c3ccncc3Cl)n2)CC1. The third-order valence-corrected chi connectivity index (χ3v) is 5.62. The molecule has 1 amide bonds. The van der Waals surface area contributed by atoms with Crippen LogP contribution in [0.15, 0.2) is 48.9 Å². The van der Waals surface area contributed by atoms with Gasteiger partial charge in [-0.1, -0.05) is 25.4 Å². The first kappa shape index (κ1) is 21.2. The van der Waals surface area contributed by atoms with Crippen molar-refractivity contribution in [3.05, 3.63) is 59.8 Å². The number of benzene rings is 1. The molecule has 0 spiro atoms. The molecule has 0 saturated carbocycles. The molecular weight excluding hydrogens is 417 g/mol. The third kappa shape index (κ3) is 4.51. The summed E-state index contributed by atoms with van der Waals surface area (Å²) in [5.41, 5.74) is 2.68. The van der Waals surface area contributed by atoms with Crippen LogP contribution in [-0.4, -0.2) is 51.9 Å². The Morgan fingerprint density at radius 3 is 2.39 bits per heavy atom. The molecule has 160 valence electrons. The number of rotatable bonds is 4. The summed E-state index contributed by atoms with van der Waals surface area (Å²) in [6.45, 7) is 6.46. The van der Waals surface area contributed by atoms with E-state index in [1.165, 1.54) is 12.1 Å². The van der Waals surface area contributed by atoms with E-state index in [1.54, 1.807) is 36.8 Å². The van der Waals surface area contributed by atoms with E-state index in [2.05, 4.69) is 14.9 Å². The summed E-state index contributed by atoms with van der Waals surface area (Å²) in [5.74, 6) is 0.555. The molecule has 1 fully saturated rings. The van der Waals surface area contributed by atoms with Gasteiger partial charge in [0.1, 0.15) is 17.3 Å². The van der Waals surface area contributed by atoms with Crippen molar-refractivity contribution in [2.45, 2.75) is 13.8 Å². The predicted molar refractivity (Wildman–Crippen MR) is 119 cm³/mol. The van der Waals surface area contributed by atoms with Gasteiger partial charge in [0.15, 0.2) is 0 Å². The maximum Gasteiger partial charge on any atom is 0.225 e. The standard InChI is InChI=1S/C23H23ClFN5O/c1-15(2)23(31)30-11-9-29(10-12-30)20-14-27-21(16-3-5-17(25)6-4-16)22(28-20)18-7-8-26-13-19(18)24/h3-8,13-15H,9-12H2,1-2H3. The minimum atomic E-state index is -0.314. The van der Waals surface area contributed by atoms with Gasteiger partial charge in [-0.2, -0.15) is 0 Å². The molecule has 3 heterocycles. The van der Waals surface area contributed by atoms with Gasteiger partial charge in [0.25, 0.3) is 0 Å². The molecule has 0 N–H and O–H groups in total. The summed E-state index contributed by atoms with van der Waals surface area (Å²) in [5, 5.41) is 0.463. The topological polar surface area (TPSA) is 62.2 Å². The van der Waals surface area contributed by atoms with E-state index in [0.29, 0.717) is 54.0 Å². The van der Waals surface area contributed by atoms with Crippen LogP contribution in [0.2, 0.25) is 5.02 Å². The van der Waals surface area contributed by atoms with Crippen molar-refractivity contribution in [3.8, 4) is 22.5 Å². The summed E-state index contributed by atoms with van der Waals surface area (Å²) in [7, 11) is 0. The van der Waals surface area contributed by atoms with E-state index in [9.17, 15) is 9.18 Å². The fraction of sp³-hybridized carbons (Fsp3) is 0.304. The van der Waals surface area contributed by atoms with Gasteiger partial charge in [0.05, 0.1) is 16.9 Å². The maximum atomic E-state index is 13.4. The van der Waals surface area contributed by atoms with Crippen LogP contribution in [-0.2, 0) is 4.79 Å². The highest BCUT2D eigenvalue weighted by atomic mass is 35.5. The van der Waals surface area contributed by atoms with E-state index in [4.69, 9.17) is 16.6 Å². The average molecular weight is 440 g/mol. The number of carbonyl (C=O) groups excluding carboxylic acids is 1. The Balaban J connectivity index is 1.69. The molecule has 4 rings (SSSR count). The van der Waals surface area contributed by atoms with Gasteiger partial charge >= 0.3 is 0 Å². The van der Waals surface area contributed by atoms with Crippen LogP contribution in [0.3, 0.4) is 0 Å².